The summed E-state index contributed by atoms with van der Waals surface area (Å²) in [6.07, 6.45) is 0. The molecule has 0 unspecified atom stereocenters. The molecule has 1 rings (SSSR count). The number of nitrogens with one attached hydrogen (secondary N) is 2. The second-order valence-electron chi connectivity index (χ2n) is 3.03. The van der Waals surface area contributed by atoms with E-state index in [2.05, 4.69) is 0 Å². The van der Waals surface area contributed by atoms with Crippen LogP contribution >= 0.6 is 15.2 Å². The van der Waals surface area contributed by atoms with Crippen LogP contribution in [0.2, 0.25) is 0 Å². The molecule has 1 fully saturated rings. The van der Waals surface area contributed by atoms with Gasteiger partial charge in [-0.1, -0.05) is 0 Å². The Balaban J connectivity index is 3.16. The summed E-state index contributed by atoms with van der Waals surface area (Å²) in [6, 6.07) is 0. The molecular formula is C4H10N2O7P2. The van der Waals surface area contributed by atoms with E-state index in [4.69, 9.17) is 19.6 Å². The molecule has 9 nitrogen and oxygen atoms in total. The molecule has 0 aromatic carbocycles. The zero-order valence-electron chi connectivity index (χ0n) is 7.32. The van der Waals surface area contributed by atoms with Crippen molar-refractivity contribution in [3.05, 3.63) is 0 Å². The third-order valence-electron chi connectivity index (χ3n) is 2.03. The highest BCUT2D eigenvalue weighted by Gasteiger charge is 2.61. The predicted octanol–water partition coefficient (Wildman–Crippen LogP) is -2.28. The molecule has 6 N–H and O–H groups in total. The van der Waals surface area contributed by atoms with E-state index in [1.54, 1.807) is 0 Å². The van der Waals surface area contributed by atoms with Gasteiger partial charge in [-0.15, -0.1) is 0 Å². The van der Waals surface area contributed by atoms with Crippen molar-refractivity contribution < 1.29 is 33.5 Å². The minimum absolute atomic E-state index is 0.559. The first-order chi connectivity index (χ1) is 6.60. The standard InChI is InChI=1S/C4H10N2O7P2/c7-3-1-6-4(2-5-3,14(8,9)10)15(11,12)13/h6H,1-2H2,(H,5,7)(H2,8,9,10)(H2,11,12,13). The van der Waals surface area contributed by atoms with Gasteiger partial charge in [0.05, 0.1) is 13.1 Å². The molecule has 0 aromatic rings. The van der Waals surface area contributed by atoms with Crippen molar-refractivity contribution in [3.63, 3.8) is 0 Å². The fourth-order valence-corrected chi connectivity index (χ4v) is 3.65. The van der Waals surface area contributed by atoms with E-state index >= 15 is 0 Å². The first-order valence-electron chi connectivity index (χ1n) is 3.73. The number of carbonyl (C=O) groups excluding carboxylic acids is 1. The maximum absolute atomic E-state index is 11.1. The second-order valence-corrected chi connectivity index (χ2v) is 7.09. The number of amides is 1. The molecule has 0 bridgehead atoms. The van der Waals surface area contributed by atoms with E-state index in [1.165, 1.54) is 0 Å². The Labute approximate surface area is 84.2 Å². The van der Waals surface area contributed by atoms with Crippen molar-refractivity contribution in [1.82, 2.24) is 10.6 Å². The average molecular weight is 260 g/mol. The molecule has 11 heteroatoms. The number of carbonyl (C=O) groups is 1. The normalized spacial score (nSPS) is 22.3. The maximum Gasteiger partial charge on any atom is 0.359 e. The fourth-order valence-electron chi connectivity index (χ4n) is 1.15. The lowest BCUT2D eigenvalue weighted by molar-refractivity contribution is -0.121. The van der Waals surface area contributed by atoms with Gasteiger partial charge < -0.3 is 24.9 Å². The lowest BCUT2D eigenvalue weighted by Gasteiger charge is -2.37. The first-order valence-corrected chi connectivity index (χ1v) is 6.96. The predicted molar refractivity (Wildman–Crippen MR) is 47.8 cm³/mol. The molecular weight excluding hydrogens is 250 g/mol. The lowest BCUT2D eigenvalue weighted by atomic mass is 10.4. The number of rotatable bonds is 2. The van der Waals surface area contributed by atoms with E-state index in [0.29, 0.717) is 0 Å². The first kappa shape index (κ1) is 12.8. The summed E-state index contributed by atoms with van der Waals surface area (Å²) in [5.74, 6) is -0.590. The fraction of sp³-hybridized carbons (Fsp3) is 0.750. The minimum Gasteiger partial charge on any atom is -0.352 e. The average Bonchev–Trinajstić information content (AvgIpc) is 2.00. The van der Waals surface area contributed by atoms with Crippen LogP contribution in [0.4, 0.5) is 0 Å². The summed E-state index contributed by atoms with van der Waals surface area (Å²) in [7, 11) is -10.2. The topological polar surface area (TPSA) is 156 Å². The zero-order valence-corrected chi connectivity index (χ0v) is 9.11. The van der Waals surface area contributed by atoms with Gasteiger partial charge in [-0.25, -0.2) is 0 Å². The van der Waals surface area contributed by atoms with Crippen molar-refractivity contribution in [2.45, 2.75) is 5.02 Å². The molecule has 0 aromatic heterocycles. The molecule has 88 valence electrons. The monoisotopic (exact) mass is 260 g/mol. The maximum atomic E-state index is 11.1. The van der Waals surface area contributed by atoms with Gasteiger partial charge in [0.25, 0.3) is 0 Å². The molecule has 15 heavy (non-hydrogen) atoms. The highest BCUT2D eigenvalue weighted by Crippen LogP contribution is 2.67. The largest absolute Gasteiger partial charge is 0.359 e. The highest BCUT2D eigenvalue weighted by atomic mass is 31.2. The van der Waals surface area contributed by atoms with Crippen LogP contribution in [0.25, 0.3) is 0 Å². The Kier molecular flexibility index (Phi) is 3.10. The lowest BCUT2D eigenvalue weighted by Crippen LogP contribution is -2.60. The smallest absolute Gasteiger partial charge is 0.352 e. The van der Waals surface area contributed by atoms with Gasteiger partial charge >= 0.3 is 15.2 Å². The van der Waals surface area contributed by atoms with Crippen molar-refractivity contribution in [2.75, 3.05) is 13.1 Å². The van der Waals surface area contributed by atoms with Crippen molar-refractivity contribution in [3.8, 4) is 0 Å². The number of hydrogen-bond acceptors (Lipinski definition) is 4. The molecule has 1 aliphatic rings. The number of hydrogen-bond donors (Lipinski definition) is 6. The minimum atomic E-state index is -5.11. The Bertz CT molecular complexity index is 335. The Hall–Kier alpha value is -0.270. The Morgan fingerprint density at radius 1 is 1.13 bits per heavy atom. The van der Waals surface area contributed by atoms with E-state index in [0.717, 1.165) is 0 Å². The molecule has 0 saturated carbocycles. The van der Waals surface area contributed by atoms with Gasteiger partial charge in [-0.05, 0) is 0 Å². The van der Waals surface area contributed by atoms with Gasteiger partial charge in [0, 0.05) is 0 Å². The van der Waals surface area contributed by atoms with Crippen molar-refractivity contribution >= 4 is 21.1 Å². The molecule has 0 aliphatic carbocycles. The van der Waals surface area contributed by atoms with Gasteiger partial charge in [-0.2, -0.15) is 0 Å². The molecule has 0 atom stereocenters. The highest BCUT2D eigenvalue weighted by molar-refractivity contribution is 7.72. The van der Waals surface area contributed by atoms with Crippen molar-refractivity contribution in [2.24, 2.45) is 0 Å². The molecule has 0 radical (unpaired) electrons. The van der Waals surface area contributed by atoms with Crippen LogP contribution in [0.3, 0.4) is 0 Å². The second kappa shape index (κ2) is 3.64. The third-order valence-corrected chi connectivity index (χ3v) is 6.15. The van der Waals surface area contributed by atoms with Crippen LogP contribution in [0.5, 0.6) is 0 Å². The third kappa shape index (κ3) is 2.14. The van der Waals surface area contributed by atoms with E-state index in [-0.39, 0.29) is 0 Å². The van der Waals surface area contributed by atoms with Crippen LogP contribution in [0, 0.1) is 0 Å². The molecule has 0 spiro atoms. The molecule has 1 aliphatic heterocycles. The van der Waals surface area contributed by atoms with Crippen molar-refractivity contribution in [1.29, 1.82) is 0 Å². The van der Waals surface area contributed by atoms with Crippen LogP contribution in [0.15, 0.2) is 0 Å². The van der Waals surface area contributed by atoms with Gasteiger partial charge in [0.2, 0.25) is 10.9 Å². The van der Waals surface area contributed by atoms with Gasteiger partial charge in [0.15, 0.2) is 0 Å². The molecule has 1 heterocycles. The summed E-state index contributed by atoms with van der Waals surface area (Å²) in [6.45, 7) is -1.38. The number of piperazine rings is 1. The van der Waals surface area contributed by atoms with Crippen LogP contribution in [0.1, 0.15) is 0 Å². The van der Waals surface area contributed by atoms with Crippen LogP contribution in [-0.4, -0.2) is 43.6 Å². The van der Waals surface area contributed by atoms with Crippen LogP contribution < -0.4 is 10.6 Å². The Morgan fingerprint density at radius 3 is 1.87 bits per heavy atom. The Morgan fingerprint density at radius 2 is 1.60 bits per heavy atom. The zero-order chi connectivity index (χ0) is 11.9. The van der Waals surface area contributed by atoms with E-state index < -0.39 is 39.2 Å². The van der Waals surface area contributed by atoms with E-state index in [9.17, 15) is 13.9 Å². The van der Waals surface area contributed by atoms with E-state index in [1.807, 2.05) is 10.6 Å². The van der Waals surface area contributed by atoms with Gasteiger partial charge in [-0.3, -0.25) is 19.2 Å². The molecule has 1 saturated heterocycles. The summed E-state index contributed by atoms with van der Waals surface area (Å²) < 4.78 is 22.1. The van der Waals surface area contributed by atoms with Gasteiger partial charge in [0.1, 0.15) is 0 Å². The van der Waals surface area contributed by atoms with Crippen LogP contribution in [-0.2, 0) is 13.9 Å². The summed E-state index contributed by atoms with van der Waals surface area (Å²) in [4.78, 5) is 46.4. The summed E-state index contributed by atoms with van der Waals surface area (Å²) in [5.41, 5.74) is 0. The molecule has 1 amide bonds. The summed E-state index contributed by atoms with van der Waals surface area (Å²) >= 11 is 0. The SMILES string of the molecule is O=C1CNC(P(=O)(O)O)(P(=O)(O)O)CN1. The quantitative estimate of drug-likeness (QED) is 0.303. The summed E-state index contributed by atoms with van der Waals surface area (Å²) in [5, 5.41) is 1.21.